The van der Waals surface area contributed by atoms with Gasteiger partial charge in [-0.15, -0.1) is 0 Å². The van der Waals surface area contributed by atoms with Crippen LogP contribution < -0.4 is 5.32 Å². The van der Waals surface area contributed by atoms with Crippen LogP contribution in [-0.4, -0.2) is 36.5 Å². The van der Waals surface area contributed by atoms with Crippen LogP contribution in [-0.2, 0) is 4.74 Å². The van der Waals surface area contributed by atoms with E-state index in [1.165, 1.54) is 38.5 Å². The maximum absolute atomic E-state index is 9.76. The van der Waals surface area contributed by atoms with Gasteiger partial charge in [0.15, 0.2) is 0 Å². The van der Waals surface area contributed by atoms with Gasteiger partial charge < -0.3 is 15.2 Å². The van der Waals surface area contributed by atoms with Gasteiger partial charge >= 0.3 is 0 Å². The van der Waals surface area contributed by atoms with Crippen molar-refractivity contribution in [1.82, 2.24) is 5.32 Å². The van der Waals surface area contributed by atoms with Crippen molar-refractivity contribution >= 4 is 0 Å². The van der Waals surface area contributed by atoms with Gasteiger partial charge in [0.05, 0.1) is 18.8 Å². The number of rotatable bonds is 7. The number of aliphatic hydroxyl groups excluding tert-OH is 1. The van der Waals surface area contributed by atoms with Gasteiger partial charge in [0.25, 0.3) is 0 Å². The third-order valence-electron chi connectivity index (χ3n) is 3.89. The van der Waals surface area contributed by atoms with Gasteiger partial charge in [0.1, 0.15) is 0 Å². The summed E-state index contributed by atoms with van der Waals surface area (Å²) in [4.78, 5) is 0. The summed E-state index contributed by atoms with van der Waals surface area (Å²) in [6, 6.07) is 0.658. The molecular weight excluding hydrogens is 202 g/mol. The largest absolute Gasteiger partial charge is 0.389 e. The summed E-state index contributed by atoms with van der Waals surface area (Å²) < 4.78 is 5.68. The number of hydrogen-bond acceptors (Lipinski definition) is 3. The van der Waals surface area contributed by atoms with Crippen LogP contribution in [0.4, 0.5) is 0 Å². The van der Waals surface area contributed by atoms with Crippen LogP contribution in [0.15, 0.2) is 0 Å². The topological polar surface area (TPSA) is 41.5 Å². The lowest BCUT2D eigenvalue weighted by molar-refractivity contribution is -0.00560. The number of ether oxygens (including phenoxy) is 1. The fraction of sp³-hybridized carbons (Fsp3) is 1.00. The van der Waals surface area contributed by atoms with Gasteiger partial charge in [-0.05, 0) is 25.2 Å². The number of hydrogen-bond donors (Lipinski definition) is 2. The summed E-state index contributed by atoms with van der Waals surface area (Å²) in [6.07, 6.45) is 7.57. The van der Waals surface area contributed by atoms with Crippen LogP contribution in [0.25, 0.3) is 0 Å². The maximum atomic E-state index is 9.76. The molecule has 0 aliphatic heterocycles. The molecule has 0 saturated heterocycles. The standard InChI is InChI=1S/C13H25NO2/c1-2-10-7-13(10)14-8-11(15)9-16-12-5-3-4-6-12/h10-15H,2-9H2,1H3. The van der Waals surface area contributed by atoms with Gasteiger partial charge in [0, 0.05) is 12.6 Å². The highest BCUT2D eigenvalue weighted by Gasteiger charge is 2.34. The normalized spacial score (nSPS) is 31.9. The second-order valence-electron chi connectivity index (χ2n) is 5.31. The van der Waals surface area contributed by atoms with Crippen molar-refractivity contribution in [3.05, 3.63) is 0 Å². The van der Waals surface area contributed by atoms with Crippen molar-refractivity contribution in [1.29, 1.82) is 0 Å². The first-order chi connectivity index (χ1) is 7.79. The van der Waals surface area contributed by atoms with Gasteiger partial charge in [-0.3, -0.25) is 0 Å². The minimum atomic E-state index is -0.335. The molecule has 2 N–H and O–H groups in total. The zero-order valence-electron chi connectivity index (χ0n) is 10.3. The fourth-order valence-corrected chi connectivity index (χ4v) is 2.60. The lowest BCUT2D eigenvalue weighted by Gasteiger charge is -2.16. The molecule has 0 radical (unpaired) electrons. The van der Waals surface area contributed by atoms with Crippen LogP contribution >= 0.6 is 0 Å². The Balaban J connectivity index is 1.49. The summed E-state index contributed by atoms with van der Waals surface area (Å²) in [7, 11) is 0. The lowest BCUT2D eigenvalue weighted by Crippen LogP contribution is -2.33. The molecule has 2 fully saturated rings. The van der Waals surface area contributed by atoms with Crippen LogP contribution in [0.3, 0.4) is 0 Å². The Morgan fingerprint density at radius 3 is 2.75 bits per heavy atom. The fourth-order valence-electron chi connectivity index (χ4n) is 2.60. The Kier molecular flexibility index (Phi) is 4.62. The van der Waals surface area contributed by atoms with Crippen molar-refractivity contribution in [2.75, 3.05) is 13.2 Å². The predicted octanol–water partition coefficient (Wildman–Crippen LogP) is 1.69. The molecule has 2 rings (SSSR count). The third kappa shape index (κ3) is 3.72. The molecule has 0 amide bonds. The molecule has 2 aliphatic carbocycles. The Bertz CT molecular complexity index is 204. The SMILES string of the molecule is CCC1CC1NCC(O)COC1CCCC1. The first-order valence-corrected chi connectivity index (χ1v) is 6.82. The number of nitrogens with one attached hydrogen (secondary N) is 1. The first-order valence-electron chi connectivity index (χ1n) is 6.82. The Morgan fingerprint density at radius 2 is 2.12 bits per heavy atom. The van der Waals surface area contributed by atoms with E-state index in [-0.39, 0.29) is 6.10 Å². The van der Waals surface area contributed by atoms with Crippen LogP contribution in [0.1, 0.15) is 45.4 Å². The first kappa shape index (κ1) is 12.3. The smallest absolute Gasteiger partial charge is 0.0897 e. The summed E-state index contributed by atoms with van der Waals surface area (Å²) in [5, 5.41) is 13.2. The molecule has 0 aromatic rings. The molecule has 0 heterocycles. The number of aliphatic hydroxyl groups is 1. The molecule has 0 aromatic carbocycles. The van der Waals surface area contributed by atoms with E-state index in [1.54, 1.807) is 0 Å². The van der Waals surface area contributed by atoms with Crippen molar-refractivity contribution in [3.63, 3.8) is 0 Å². The second kappa shape index (κ2) is 5.99. The maximum Gasteiger partial charge on any atom is 0.0897 e. The predicted molar refractivity (Wildman–Crippen MR) is 64.4 cm³/mol. The van der Waals surface area contributed by atoms with E-state index in [2.05, 4.69) is 12.2 Å². The summed E-state index contributed by atoms with van der Waals surface area (Å²) in [5.74, 6) is 0.850. The monoisotopic (exact) mass is 227 g/mol. The van der Waals surface area contributed by atoms with E-state index in [4.69, 9.17) is 4.74 Å². The summed E-state index contributed by atoms with van der Waals surface area (Å²) >= 11 is 0. The second-order valence-corrected chi connectivity index (χ2v) is 5.31. The van der Waals surface area contributed by atoms with E-state index in [1.807, 2.05) is 0 Å². The van der Waals surface area contributed by atoms with Gasteiger partial charge in [-0.1, -0.05) is 26.2 Å². The Morgan fingerprint density at radius 1 is 1.38 bits per heavy atom. The Hall–Kier alpha value is -0.120. The zero-order valence-corrected chi connectivity index (χ0v) is 10.3. The van der Waals surface area contributed by atoms with Crippen LogP contribution in [0.2, 0.25) is 0 Å². The van der Waals surface area contributed by atoms with Crippen molar-refractivity contribution in [3.8, 4) is 0 Å². The van der Waals surface area contributed by atoms with E-state index in [0.717, 1.165) is 5.92 Å². The van der Waals surface area contributed by atoms with E-state index < -0.39 is 0 Å². The molecule has 0 aromatic heterocycles. The van der Waals surface area contributed by atoms with Crippen molar-refractivity contribution in [2.24, 2.45) is 5.92 Å². The van der Waals surface area contributed by atoms with Gasteiger partial charge in [0.2, 0.25) is 0 Å². The molecule has 2 aliphatic rings. The molecule has 94 valence electrons. The highest BCUT2D eigenvalue weighted by atomic mass is 16.5. The van der Waals surface area contributed by atoms with Crippen LogP contribution in [0.5, 0.6) is 0 Å². The molecule has 16 heavy (non-hydrogen) atoms. The minimum Gasteiger partial charge on any atom is -0.389 e. The molecule has 3 heteroatoms. The van der Waals surface area contributed by atoms with Crippen molar-refractivity contribution < 1.29 is 9.84 Å². The van der Waals surface area contributed by atoms with E-state index >= 15 is 0 Å². The molecule has 3 unspecified atom stereocenters. The lowest BCUT2D eigenvalue weighted by atomic mass is 10.3. The minimum absolute atomic E-state index is 0.335. The zero-order chi connectivity index (χ0) is 11.4. The highest BCUT2D eigenvalue weighted by Crippen LogP contribution is 2.32. The van der Waals surface area contributed by atoms with Crippen LogP contribution in [0, 0.1) is 5.92 Å². The average Bonchev–Trinajstić information content (AvgIpc) is 2.86. The summed E-state index contributed by atoms with van der Waals surface area (Å²) in [6.45, 7) is 3.42. The molecule has 0 spiro atoms. The quantitative estimate of drug-likeness (QED) is 0.695. The summed E-state index contributed by atoms with van der Waals surface area (Å²) in [5.41, 5.74) is 0. The van der Waals surface area contributed by atoms with E-state index in [9.17, 15) is 5.11 Å². The molecule has 0 bridgehead atoms. The molecule has 3 atom stereocenters. The molecule has 3 nitrogen and oxygen atoms in total. The molecule has 2 saturated carbocycles. The average molecular weight is 227 g/mol. The van der Waals surface area contributed by atoms with Gasteiger partial charge in [-0.25, -0.2) is 0 Å². The molecular formula is C13H25NO2. The van der Waals surface area contributed by atoms with E-state index in [0.29, 0.717) is 25.3 Å². The van der Waals surface area contributed by atoms with Crippen molar-refractivity contribution in [2.45, 2.75) is 63.7 Å². The van der Waals surface area contributed by atoms with Gasteiger partial charge in [-0.2, -0.15) is 0 Å². The highest BCUT2D eigenvalue weighted by molar-refractivity contribution is 4.92. The third-order valence-corrected chi connectivity index (χ3v) is 3.89. The Labute approximate surface area is 98.6 Å².